The lowest BCUT2D eigenvalue weighted by molar-refractivity contribution is 0.219. The van der Waals surface area contributed by atoms with E-state index >= 15 is 0 Å². The van der Waals surface area contributed by atoms with Gasteiger partial charge in [-0.25, -0.2) is 0 Å². The van der Waals surface area contributed by atoms with Gasteiger partial charge in [0.15, 0.2) is 0 Å². The van der Waals surface area contributed by atoms with Crippen molar-refractivity contribution in [2.75, 3.05) is 12.5 Å². The van der Waals surface area contributed by atoms with Crippen LogP contribution in [0.1, 0.15) is 90.4 Å². The van der Waals surface area contributed by atoms with Crippen molar-refractivity contribution < 1.29 is 14.7 Å². The van der Waals surface area contributed by atoms with Crippen LogP contribution in [0.15, 0.2) is 0 Å². The molecule has 126 valence electrons. The summed E-state index contributed by atoms with van der Waals surface area (Å²) in [5.41, 5.74) is 0. The second kappa shape index (κ2) is 18.4. The van der Waals surface area contributed by atoms with Crippen molar-refractivity contribution in [3.05, 3.63) is 0 Å². The summed E-state index contributed by atoms with van der Waals surface area (Å²) in [5, 5.41) is 17.0. The van der Waals surface area contributed by atoms with Crippen molar-refractivity contribution in [3.63, 3.8) is 0 Å². The Hall–Kier alpha value is 0.375. The van der Waals surface area contributed by atoms with Gasteiger partial charge in [0.1, 0.15) is 0 Å². The Balaban J connectivity index is 2.93. The summed E-state index contributed by atoms with van der Waals surface area (Å²) in [7, 11) is -0.899. The molecule has 0 aromatic heterocycles. The van der Waals surface area contributed by atoms with Crippen LogP contribution in [0.5, 0.6) is 0 Å². The molecule has 0 saturated carbocycles. The molecule has 0 rings (SSSR count). The highest BCUT2D eigenvalue weighted by Crippen LogP contribution is 2.16. The van der Waals surface area contributed by atoms with E-state index in [9.17, 15) is 0 Å². The van der Waals surface area contributed by atoms with E-state index in [1.165, 1.54) is 83.5 Å². The highest BCUT2D eigenvalue weighted by molar-refractivity contribution is 7.37. The molecule has 0 aromatic carbocycles. The molecular weight excluding hydrogens is 282 g/mol. The Bertz CT molecular complexity index is 194. The molecule has 0 amide bonds. The summed E-state index contributed by atoms with van der Waals surface area (Å²) >= 11 is 0. The lowest BCUT2D eigenvalue weighted by Gasteiger charge is -2.04. The van der Waals surface area contributed by atoms with Gasteiger partial charge in [0.2, 0.25) is 0 Å². The predicted octanol–water partition coefficient (Wildman–Crippen LogP) is 4.70. The van der Waals surface area contributed by atoms with Crippen LogP contribution in [0, 0.1) is 0 Å². The average Bonchev–Trinajstić information content (AvgIpc) is 2.46. The van der Waals surface area contributed by atoms with Crippen LogP contribution < -0.4 is 0 Å². The molecule has 0 aliphatic rings. The minimum Gasteiger partial charge on any atom is -0.402 e. The first-order valence-corrected chi connectivity index (χ1v) is 10.4. The SMILES string of the molecule is CCCCCCCCCCCCCCCPCOB(O)O. The molecule has 0 bridgehead atoms. The maximum absolute atomic E-state index is 8.51. The Labute approximate surface area is 134 Å². The number of unbranched alkanes of at least 4 members (excludes halogenated alkanes) is 12. The van der Waals surface area contributed by atoms with E-state index in [-0.39, 0.29) is 0 Å². The first-order chi connectivity index (χ1) is 10.3. The largest absolute Gasteiger partial charge is 0.634 e. The molecule has 0 fully saturated rings. The quantitative estimate of drug-likeness (QED) is 0.232. The summed E-state index contributed by atoms with van der Waals surface area (Å²) in [4.78, 5) is 0. The Morgan fingerprint density at radius 3 is 1.57 bits per heavy atom. The number of hydrogen-bond donors (Lipinski definition) is 2. The molecule has 5 heteroatoms. The molecule has 21 heavy (non-hydrogen) atoms. The van der Waals surface area contributed by atoms with Crippen molar-refractivity contribution in [1.82, 2.24) is 0 Å². The van der Waals surface area contributed by atoms with Gasteiger partial charge in [-0.2, -0.15) is 0 Å². The monoisotopic (exact) mass is 318 g/mol. The fraction of sp³-hybridized carbons (Fsp3) is 1.00. The lowest BCUT2D eigenvalue weighted by atomic mass is 10.1. The minimum absolute atomic E-state index is 0.482. The van der Waals surface area contributed by atoms with Gasteiger partial charge in [-0.05, 0) is 12.6 Å². The van der Waals surface area contributed by atoms with Gasteiger partial charge in [0.05, 0.1) is 6.35 Å². The van der Waals surface area contributed by atoms with Crippen LogP contribution in [-0.4, -0.2) is 29.9 Å². The molecular formula is C16H36BO3P. The van der Waals surface area contributed by atoms with E-state index < -0.39 is 7.32 Å². The summed E-state index contributed by atoms with van der Waals surface area (Å²) in [6, 6.07) is 0. The second-order valence-corrected chi connectivity index (χ2v) is 7.17. The maximum atomic E-state index is 8.51. The first-order valence-electron chi connectivity index (χ1n) is 8.95. The predicted molar refractivity (Wildman–Crippen MR) is 95.0 cm³/mol. The maximum Gasteiger partial charge on any atom is 0.634 e. The van der Waals surface area contributed by atoms with Gasteiger partial charge in [0, 0.05) is 0 Å². The van der Waals surface area contributed by atoms with Gasteiger partial charge in [-0.3, -0.25) is 0 Å². The van der Waals surface area contributed by atoms with Crippen molar-refractivity contribution >= 4 is 15.9 Å². The topological polar surface area (TPSA) is 49.7 Å². The lowest BCUT2D eigenvalue weighted by Crippen LogP contribution is -2.15. The number of hydrogen-bond acceptors (Lipinski definition) is 3. The third-order valence-corrected chi connectivity index (χ3v) is 4.87. The highest BCUT2D eigenvalue weighted by atomic mass is 31.1. The van der Waals surface area contributed by atoms with Crippen molar-refractivity contribution in [2.45, 2.75) is 90.4 Å². The molecule has 0 aromatic rings. The Kier molecular flexibility index (Phi) is 18.8. The smallest absolute Gasteiger partial charge is 0.402 e. The third-order valence-electron chi connectivity index (χ3n) is 3.79. The Morgan fingerprint density at radius 1 is 0.714 bits per heavy atom. The standard InChI is InChI=1S/C16H36BO3P/c1-2-3-4-5-6-7-8-9-10-11-12-13-14-15-21-16-20-17(18)19/h18-19,21H,2-16H2,1H3. The van der Waals surface area contributed by atoms with E-state index in [0.717, 1.165) is 6.16 Å². The van der Waals surface area contributed by atoms with Crippen LogP contribution in [0.3, 0.4) is 0 Å². The molecule has 1 atom stereocenters. The zero-order chi connectivity index (χ0) is 15.6. The molecule has 3 nitrogen and oxygen atoms in total. The molecule has 0 aliphatic heterocycles. The van der Waals surface area contributed by atoms with Gasteiger partial charge in [-0.15, -0.1) is 0 Å². The van der Waals surface area contributed by atoms with Crippen molar-refractivity contribution in [2.24, 2.45) is 0 Å². The van der Waals surface area contributed by atoms with Crippen LogP contribution in [0.2, 0.25) is 0 Å². The fourth-order valence-corrected chi connectivity index (χ4v) is 3.38. The zero-order valence-electron chi connectivity index (χ0n) is 14.0. The molecule has 0 heterocycles. The van der Waals surface area contributed by atoms with Gasteiger partial charge < -0.3 is 14.7 Å². The highest BCUT2D eigenvalue weighted by Gasteiger charge is 2.06. The van der Waals surface area contributed by atoms with Gasteiger partial charge in [-0.1, -0.05) is 92.6 Å². The Morgan fingerprint density at radius 2 is 1.14 bits per heavy atom. The van der Waals surface area contributed by atoms with Crippen LogP contribution in [0.4, 0.5) is 0 Å². The normalized spacial score (nSPS) is 11.6. The second-order valence-electron chi connectivity index (χ2n) is 5.88. The van der Waals surface area contributed by atoms with E-state index in [1.54, 1.807) is 0 Å². The van der Waals surface area contributed by atoms with E-state index in [2.05, 4.69) is 11.6 Å². The molecule has 0 radical (unpaired) electrons. The van der Waals surface area contributed by atoms with Crippen molar-refractivity contribution in [1.29, 1.82) is 0 Å². The first kappa shape index (κ1) is 21.4. The van der Waals surface area contributed by atoms with E-state index in [1.807, 2.05) is 0 Å². The van der Waals surface area contributed by atoms with Gasteiger partial charge in [0.25, 0.3) is 0 Å². The fourth-order valence-electron chi connectivity index (χ4n) is 2.47. The summed E-state index contributed by atoms with van der Waals surface area (Å²) in [6.07, 6.45) is 19.7. The molecule has 0 saturated heterocycles. The summed E-state index contributed by atoms with van der Waals surface area (Å²) in [6.45, 7) is 2.27. The van der Waals surface area contributed by atoms with Crippen molar-refractivity contribution in [3.8, 4) is 0 Å². The van der Waals surface area contributed by atoms with Crippen LogP contribution >= 0.6 is 8.58 Å². The molecule has 2 N–H and O–H groups in total. The van der Waals surface area contributed by atoms with Gasteiger partial charge >= 0.3 is 7.32 Å². The molecule has 1 unspecified atom stereocenters. The average molecular weight is 318 g/mol. The van der Waals surface area contributed by atoms with E-state index in [0.29, 0.717) is 14.9 Å². The summed E-state index contributed by atoms with van der Waals surface area (Å²) < 4.78 is 4.68. The van der Waals surface area contributed by atoms with Crippen LogP contribution in [-0.2, 0) is 4.65 Å². The van der Waals surface area contributed by atoms with E-state index in [4.69, 9.17) is 10.0 Å². The minimum atomic E-state index is -1.59. The summed E-state index contributed by atoms with van der Waals surface area (Å²) in [5.74, 6) is 0. The molecule has 0 aliphatic carbocycles. The third kappa shape index (κ3) is 20.4. The molecule has 0 spiro atoms. The van der Waals surface area contributed by atoms with Crippen LogP contribution in [0.25, 0.3) is 0 Å². The number of rotatable bonds is 17. The zero-order valence-corrected chi connectivity index (χ0v) is 15.0.